The van der Waals surface area contributed by atoms with Crippen LogP contribution in [0, 0.1) is 0 Å². The van der Waals surface area contributed by atoms with Crippen LogP contribution in [0.1, 0.15) is 18.7 Å². The maximum absolute atomic E-state index is 12.0. The smallest absolute Gasteiger partial charge is 0.226 e. The van der Waals surface area contributed by atoms with E-state index in [1.807, 2.05) is 6.07 Å². The number of nitrogens with zero attached hydrogens (tertiary/aromatic N) is 2. The number of rotatable bonds is 8. The van der Waals surface area contributed by atoms with E-state index in [1.165, 1.54) is 0 Å². The van der Waals surface area contributed by atoms with Gasteiger partial charge >= 0.3 is 0 Å². The lowest BCUT2D eigenvalue weighted by molar-refractivity contribution is -0.116. The zero-order valence-corrected chi connectivity index (χ0v) is 16.3. The third-order valence-corrected chi connectivity index (χ3v) is 4.28. The number of aromatic nitrogens is 2. The Morgan fingerprint density at radius 1 is 1.11 bits per heavy atom. The number of carbonyl (C=O) groups is 1. The molecule has 0 spiro atoms. The summed E-state index contributed by atoms with van der Waals surface area (Å²) in [4.78, 5) is 16.4. The molecule has 2 aromatic carbocycles. The predicted octanol–water partition coefficient (Wildman–Crippen LogP) is 4.37. The molecule has 0 atom stereocenters. The van der Waals surface area contributed by atoms with E-state index in [1.54, 1.807) is 50.6 Å². The Kier molecular flexibility index (Phi) is 6.49. The molecule has 0 bridgehead atoms. The Bertz CT molecular complexity index is 941. The Labute approximate surface area is 167 Å². The summed E-state index contributed by atoms with van der Waals surface area (Å²) in [6.45, 7) is 0. The van der Waals surface area contributed by atoms with Gasteiger partial charge in [-0.3, -0.25) is 4.79 Å². The van der Waals surface area contributed by atoms with Crippen LogP contribution in [-0.2, 0) is 11.2 Å². The zero-order valence-electron chi connectivity index (χ0n) is 15.6. The van der Waals surface area contributed by atoms with Gasteiger partial charge in [-0.25, -0.2) is 0 Å². The quantitative estimate of drug-likeness (QED) is 0.603. The van der Waals surface area contributed by atoms with Crippen molar-refractivity contribution in [3.8, 4) is 22.9 Å². The van der Waals surface area contributed by atoms with Crippen molar-refractivity contribution < 1.29 is 18.8 Å². The molecule has 1 aromatic heterocycles. The molecule has 146 valence electrons. The third kappa shape index (κ3) is 5.01. The Balaban J connectivity index is 1.53. The highest BCUT2D eigenvalue weighted by atomic mass is 35.5. The molecule has 0 radical (unpaired) electrons. The van der Waals surface area contributed by atoms with Crippen LogP contribution in [0.15, 0.2) is 47.0 Å². The molecule has 0 aliphatic carbocycles. The van der Waals surface area contributed by atoms with Crippen molar-refractivity contribution in [3.05, 3.63) is 53.4 Å². The number of halogens is 1. The molecule has 0 aliphatic heterocycles. The minimum absolute atomic E-state index is 0.0815. The van der Waals surface area contributed by atoms with Gasteiger partial charge in [0.05, 0.1) is 14.2 Å². The Hall–Kier alpha value is -3.06. The first-order valence-corrected chi connectivity index (χ1v) is 9.07. The van der Waals surface area contributed by atoms with Gasteiger partial charge in [0.1, 0.15) is 0 Å². The molecule has 0 unspecified atom stereocenters. The van der Waals surface area contributed by atoms with Crippen LogP contribution in [0.25, 0.3) is 11.4 Å². The van der Waals surface area contributed by atoms with Crippen molar-refractivity contribution in [2.45, 2.75) is 19.3 Å². The van der Waals surface area contributed by atoms with Crippen molar-refractivity contribution >= 4 is 23.2 Å². The van der Waals surface area contributed by atoms with Crippen LogP contribution in [0.3, 0.4) is 0 Å². The molecule has 1 heterocycles. The topological polar surface area (TPSA) is 86.5 Å². The van der Waals surface area contributed by atoms with Gasteiger partial charge in [0.2, 0.25) is 17.6 Å². The van der Waals surface area contributed by atoms with E-state index >= 15 is 0 Å². The summed E-state index contributed by atoms with van der Waals surface area (Å²) >= 11 is 5.83. The molecular formula is C20H20ClN3O4. The van der Waals surface area contributed by atoms with Gasteiger partial charge in [-0.05, 0) is 48.9 Å². The van der Waals surface area contributed by atoms with Crippen LogP contribution in [0.2, 0.25) is 5.02 Å². The fraction of sp³-hybridized carbons (Fsp3) is 0.250. The number of aryl methyl sites for hydroxylation is 1. The van der Waals surface area contributed by atoms with Gasteiger partial charge in [-0.1, -0.05) is 16.8 Å². The average Bonchev–Trinajstić information content (AvgIpc) is 3.18. The summed E-state index contributed by atoms with van der Waals surface area (Å²) in [7, 11) is 3.14. The number of hydrogen-bond donors (Lipinski definition) is 1. The molecule has 0 fully saturated rings. The van der Waals surface area contributed by atoms with E-state index in [2.05, 4.69) is 15.5 Å². The lowest BCUT2D eigenvalue weighted by Crippen LogP contribution is -2.11. The molecule has 3 rings (SSSR count). The van der Waals surface area contributed by atoms with Crippen molar-refractivity contribution in [1.29, 1.82) is 0 Å². The van der Waals surface area contributed by atoms with Gasteiger partial charge in [0.25, 0.3) is 0 Å². The van der Waals surface area contributed by atoms with Crippen LogP contribution < -0.4 is 14.8 Å². The number of amides is 1. The van der Waals surface area contributed by atoms with E-state index in [0.717, 1.165) is 5.56 Å². The van der Waals surface area contributed by atoms with Crippen molar-refractivity contribution in [2.24, 2.45) is 0 Å². The predicted molar refractivity (Wildman–Crippen MR) is 106 cm³/mol. The maximum Gasteiger partial charge on any atom is 0.226 e. The minimum Gasteiger partial charge on any atom is -0.493 e. The summed E-state index contributed by atoms with van der Waals surface area (Å²) in [5, 5.41) is 7.44. The molecule has 1 N–H and O–H groups in total. The van der Waals surface area contributed by atoms with Crippen LogP contribution in [-0.4, -0.2) is 30.3 Å². The molecule has 0 saturated heterocycles. The maximum atomic E-state index is 12.0. The van der Waals surface area contributed by atoms with Gasteiger partial charge in [0.15, 0.2) is 11.5 Å². The van der Waals surface area contributed by atoms with E-state index in [-0.39, 0.29) is 5.91 Å². The highest BCUT2D eigenvalue weighted by Crippen LogP contribution is 2.31. The number of hydrogen-bond acceptors (Lipinski definition) is 6. The first-order valence-electron chi connectivity index (χ1n) is 8.69. The third-order valence-electron chi connectivity index (χ3n) is 4.03. The summed E-state index contributed by atoms with van der Waals surface area (Å²) < 4.78 is 15.8. The monoisotopic (exact) mass is 401 g/mol. The summed E-state index contributed by atoms with van der Waals surface area (Å²) in [5.41, 5.74) is 1.47. The fourth-order valence-corrected chi connectivity index (χ4v) is 2.73. The molecular weight excluding hydrogens is 382 g/mol. The van der Waals surface area contributed by atoms with Gasteiger partial charge < -0.3 is 19.3 Å². The number of nitrogens with one attached hydrogen (secondary N) is 1. The fourth-order valence-electron chi connectivity index (χ4n) is 2.61. The molecule has 28 heavy (non-hydrogen) atoms. The van der Waals surface area contributed by atoms with Crippen molar-refractivity contribution in [1.82, 2.24) is 10.1 Å². The molecule has 0 aliphatic rings. The molecule has 3 aromatic rings. The van der Waals surface area contributed by atoms with Gasteiger partial charge in [-0.15, -0.1) is 0 Å². The molecule has 8 heteroatoms. The summed E-state index contributed by atoms with van der Waals surface area (Å²) in [5.74, 6) is 2.07. The Morgan fingerprint density at radius 2 is 1.86 bits per heavy atom. The van der Waals surface area contributed by atoms with Crippen molar-refractivity contribution in [2.75, 3.05) is 19.5 Å². The minimum atomic E-state index is -0.0815. The SMILES string of the molecule is COc1ccc(-c2noc(CCCC(=O)Nc3ccc(Cl)cc3)n2)cc1OC. The second-order valence-corrected chi connectivity index (χ2v) is 6.43. The first-order chi connectivity index (χ1) is 13.6. The second-order valence-electron chi connectivity index (χ2n) is 5.99. The standard InChI is InChI=1S/C20H20ClN3O4/c1-26-16-11-6-13(12-17(16)27-2)20-23-19(28-24-20)5-3-4-18(25)22-15-9-7-14(21)8-10-15/h6-12H,3-5H2,1-2H3,(H,22,25). The second kappa shape index (κ2) is 9.23. The number of benzene rings is 2. The first kappa shape index (κ1) is 19.7. The van der Waals surface area contributed by atoms with Crippen LogP contribution >= 0.6 is 11.6 Å². The van der Waals surface area contributed by atoms with E-state index < -0.39 is 0 Å². The number of ether oxygens (including phenoxy) is 2. The van der Waals surface area contributed by atoms with Crippen LogP contribution in [0.5, 0.6) is 11.5 Å². The van der Waals surface area contributed by atoms with Gasteiger partial charge in [0, 0.05) is 29.1 Å². The summed E-state index contributed by atoms with van der Waals surface area (Å²) in [6.07, 6.45) is 1.44. The van der Waals surface area contributed by atoms with Crippen molar-refractivity contribution in [3.63, 3.8) is 0 Å². The zero-order chi connectivity index (χ0) is 19.9. The lowest BCUT2D eigenvalue weighted by Gasteiger charge is -2.07. The molecule has 7 nitrogen and oxygen atoms in total. The molecule has 0 saturated carbocycles. The van der Waals surface area contributed by atoms with E-state index in [0.29, 0.717) is 53.2 Å². The lowest BCUT2D eigenvalue weighted by atomic mass is 10.2. The van der Waals surface area contributed by atoms with Crippen LogP contribution in [0.4, 0.5) is 5.69 Å². The Morgan fingerprint density at radius 3 is 2.57 bits per heavy atom. The van der Waals surface area contributed by atoms with E-state index in [4.69, 9.17) is 25.6 Å². The average molecular weight is 402 g/mol. The number of carbonyl (C=O) groups excluding carboxylic acids is 1. The normalized spacial score (nSPS) is 10.5. The number of methoxy groups -OCH3 is 2. The van der Waals surface area contributed by atoms with E-state index in [9.17, 15) is 4.79 Å². The van der Waals surface area contributed by atoms with Gasteiger partial charge in [-0.2, -0.15) is 4.98 Å². The number of anilines is 1. The highest BCUT2D eigenvalue weighted by molar-refractivity contribution is 6.30. The highest BCUT2D eigenvalue weighted by Gasteiger charge is 2.12. The molecule has 1 amide bonds. The largest absolute Gasteiger partial charge is 0.493 e. The summed E-state index contributed by atoms with van der Waals surface area (Å²) in [6, 6.07) is 12.4.